The molecule has 1 aliphatic rings. The monoisotopic (exact) mass is 472 g/mol. The van der Waals surface area contributed by atoms with Crippen LogP contribution in [0.5, 0.6) is 0 Å². The number of aryl methyl sites for hydroxylation is 1. The van der Waals surface area contributed by atoms with Crippen molar-refractivity contribution in [2.45, 2.75) is 39.8 Å². The van der Waals surface area contributed by atoms with Crippen LogP contribution in [0.3, 0.4) is 0 Å². The number of pyridine rings is 1. The average Bonchev–Trinajstić information content (AvgIpc) is 2.79. The number of rotatable bonds is 7. The first-order valence-corrected chi connectivity index (χ1v) is 10.9. The number of hydrogen-bond acceptors (Lipinski definition) is 6. The zero-order valence-corrected chi connectivity index (χ0v) is 20.0. The van der Waals surface area contributed by atoms with E-state index in [4.69, 9.17) is 5.73 Å². The van der Waals surface area contributed by atoms with Crippen molar-refractivity contribution in [3.8, 4) is 6.07 Å². The Hall–Kier alpha value is -3.38. The largest absolute Gasteiger partial charge is 0.434 e. The zero-order chi connectivity index (χ0) is 25.5. The van der Waals surface area contributed by atoms with E-state index in [0.29, 0.717) is 16.8 Å². The molecule has 0 saturated carbocycles. The van der Waals surface area contributed by atoms with Crippen molar-refractivity contribution >= 4 is 11.4 Å². The standard InChI is InChI=1S/C25H31F3N6/c1-6-21(11-20(12-29)19-7-9-34(5)10-8-19)32-18(4)22(13-30)24(25(26,27)28)33-23-15-31-14-16(2)17(23)3/h6,11,13-15,19,32H,4,7-10,30H2,1-3,5H3/b20-11-,21-6+,22-13?,33-24?. The molecule has 0 aromatic carbocycles. The van der Waals surface area contributed by atoms with Gasteiger partial charge >= 0.3 is 6.18 Å². The van der Waals surface area contributed by atoms with Crippen molar-refractivity contribution in [2.75, 3.05) is 20.1 Å². The highest BCUT2D eigenvalue weighted by atomic mass is 19.4. The van der Waals surface area contributed by atoms with Crippen molar-refractivity contribution in [1.29, 1.82) is 5.26 Å². The molecule has 0 amide bonds. The molecule has 0 spiro atoms. The minimum absolute atomic E-state index is 0.0816. The molecule has 2 rings (SSSR count). The molecule has 9 heteroatoms. The molecule has 0 atom stereocenters. The van der Waals surface area contributed by atoms with Gasteiger partial charge in [-0.2, -0.15) is 18.4 Å². The second-order valence-electron chi connectivity index (χ2n) is 8.28. The van der Waals surface area contributed by atoms with Crippen LogP contribution in [-0.2, 0) is 0 Å². The van der Waals surface area contributed by atoms with Crippen LogP contribution >= 0.6 is 0 Å². The first-order valence-electron chi connectivity index (χ1n) is 10.9. The number of halogens is 3. The highest BCUT2D eigenvalue weighted by molar-refractivity contribution is 6.08. The third-order valence-corrected chi connectivity index (χ3v) is 5.89. The lowest BCUT2D eigenvalue weighted by Crippen LogP contribution is -2.31. The van der Waals surface area contributed by atoms with E-state index in [2.05, 4.69) is 32.8 Å². The number of hydrogen-bond donors (Lipinski definition) is 2. The molecular weight excluding hydrogens is 441 g/mol. The second kappa shape index (κ2) is 11.7. The number of aliphatic imine (C=N–C) groups is 1. The van der Waals surface area contributed by atoms with E-state index in [1.54, 1.807) is 39.1 Å². The Morgan fingerprint density at radius 2 is 1.97 bits per heavy atom. The van der Waals surface area contributed by atoms with Gasteiger partial charge in [0.25, 0.3) is 0 Å². The molecule has 6 nitrogen and oxygen atoms in total. The molecule has 2 heterocycles. The quantitative estimate of drug-likeness (QED) is 0.332. The van der Waals surface area contributed by atoms with Crippen LogP contribution < -0.4 is 11.1 Å². The van der Waals surface area contributed by atoms with Gasteiger partial charge in [0.1, 0.15) is 0 Å². The number of allylic oxidation sites excluding steroid dienone is 4. The Morgan fingerprint density at radius 3 is 2.50 bits per heavy atom. The van der Waals surface area contributed by atoms with Crippen LogP contribution in [0.4, 0.5) is 18.9 Å². The highest BCUT2D eigenvalue weighted by Gasteiger charge is 2.39. The number of likely N-dealkylation sites (tertiary alicyclic amines) is 1. The third kappa shape index (κ3) is 6.81. The van der Waals surface area contributed by atoms with Crippen molar-refractivity contribution < 1.29 is 13.2 Å². The van der Waals surface area contributed by atoms with E-state index >= 15 is 0 Å². The molecule has 34 heavy (non-hydrogen) atoms. The summed E-state index contributed by atoms with van der Waals surface area (Å²) in [5.41, 5.74) is 6.39. The lowest BCUT2D eigenvalue weighted by molar-refractivity contribution is -0.0581. The molecule has 0 radical (unpaired) electrons. The number of piperidine rings is 1. The predicted octanol–water partition coefficient (Wildman–Crippen LogP) is 4.97. The van der Waals surface area contributed by atoms with Gasteiger partial charge < -0.3 is 16.0 Å². The summed E-state index contributed by atoms with van der Waals surface area (Å²) in [5.74, 6) is 0.0971. The van der Waals surface area contributed by atoms with E-state index < -0.39 is 11.9 Å². The summed E-state index contributed by atoms with van der Waals surface area (Å²) in [6.45, 7) is 10.7. The molecule has 0 unspecified atom stereocenters. The first-order chi connectivity index (χ1) is 16.0. The number of nitrogens with one attached hydrogen (secondary N) is 1. The summed E-state index contributed by atoms with van der Waals surface area (Å²) < 4.78 is 42.0. The van der Waals surface area contributed by atoms with Crippen LogP contribution in [0.1, 0.15) is 30.9 Å². The SMILES string of the molecule is C=C(NC(=C/C)/C=C(/C#N)C1CCN(C)CC1)C(=CN)C(=Nc1cncc(C)c1C)C(F)(F)F. The van der Waals surface area contributed by atoms with Crippen molar-refractivity contribution in [2.24, 2.45) is 16.6 Å². The summed E-state index contributed by atoms with van der Waals surface area (Å²) in [7, 11) is 2.03. The lowest BCUT2D eigenvalue weighted by Gasteiger charge is -2.28. The second-order valence-corrected chi connectivity index (χ2v) is 8.28. The Bertz CT molecular complexity index is 1070. The highest BCUT2D eigenvalue weighted by Crippen LogP contribution is 2.30. The number of aromatic nitrogens is 1. The maximum absolute atomic E-state index is 14.0. The van der Waals surface area contributed by atoms with E-state index in [1.807, 2.05) is 7.05 Å². The molecule has 1 fully saturated rings. The van der Waals surface area contributed by atoms with E-state index in [9.17, 15) is 18.4 Å². The van der Waals surface area contributed by atoms with E-state index in [-0.39, 0.29) is 22.9 Å². The minimum Gasteiger partial charge on any atom is -0.404 e. The molecule has 3 N–H and O–H groups in total. The van der Waals surface area contributed by atoms with Crippen LogP contribution in [0.25, 0.3) is 0 Å². The summed E-state index contributed by atoms with van der Waals surface area (Å²) in [4.78, 5) is 10.0. The molecule has 1 aromatic heterocycles. The number of alkyl halides is 3. The topological polar surface area (TPSA) is 90.3 Å². The summed E-state index contributed by atoms with van der Waals surface area (Å²) in [5, 5.41) is 12.5. The Labute approximate surface area is 199 Å². The van der Waals surface area contributed by atoms with Gasteiger partial charge in [0, 0.05) is 34.9 Å². The van der Waals surface area contributed by atoms with Crippen LogP contribution in [0.15, 0.2) is 64.9 Å². The van der Waals surface area contributed by atoms with Gasteiger partial charge in [0.15, 0.2) is 5.71 Å². The molecule has 1 saturated heterocycles. The Kier molecular flexibility index (Phi) is 9.21. The summed E-state index contributed by atoms with van der Waals surface area (Å²) in [6.07, 6.45) is 3.90. The van der Waals surface area contributed by atoms with Gasteiger partial charge in [-0.15, -0.1) is 0 Å². The van der Waals surface area contributed by atoms with E-state index in [0.717, 1.165) is 37.7 Å². The number of nitrogens with zero attached hydrogens (tertiary/aromatic N) is 4. The van der Waals surface area contributed by atoms with Crippen molar-refractivity contribution in [1.82, 2.24) is 15.2 Å². The molecule has 0 bridgehead atoms. The smallest absolute Gasteiger partial charge is 0.404 e. The van der Waals surface area contributed by atoms with Gasteiger partial charge in [-0.3, -0.25) is 4.98 Å². The molecule has 1 aromatic rings. The average molecular weight is 473 g/mol. The van der Waals surface area contributed by atoms with Crippen LogP contribution in [-0.4, -0.2) is 41.9 Å². The van der Waals surface area contributed by atoms with Gasteiger partial charge in [-0.25, -0.2) is 4.99 Å². The van der Waals surface area contributed by atoms with Crippen LogP contribution in [0.2, 0.25) is 0 Å². The summed E-state index contributed by atoms with van der Waals surface area (Å²) in [6, 6.07) is 2.24. The van der Waals surface area contributed by atoms with Gasteiger partial charge in [0.2, 0.25) is 0 Å². The zero-order valence-electron chi connectivity index (χ0n) is 20.0. The van der Waals surface area contributed by atoms with Gasteiger partial charge in [0.05, 0.1) is 18.0 Å². The fraction of sp³-hybridized carbons (Fsp3) is 0.400. The molecule has 0 aliphatic carbocycles. The number of nitriles is 1. The molecule has 1 aliphatic heterocycles. The van der Waals surface area contributed by atoms with Gasteiger partial charge in [-0.1, -0.05) is 12.7 Å². The normalized spacial score (nSPS) is 17.5. The maximum atomic E-state index is 14.0. The minimum atomic E-state index is -4.79. The van der Waals surface area contributed by atoms with Crippen molar-refractivity contribution in [3.63, 3.8) is 0 Å². The van der Waals surface area contributed by atoms with Crippen molar-refractivity contribution in [3.05, 3.63) is 71.0 Å². The lowest BCUT2D eigenvalue weighted by atomic mass is 9.89. The fourth-order valence-corrected chi connectivity index (χ4v) is 3.61. The number of nitrogens with two attached hydrogens (primary N) is 1. The molecular formula is C25H31F3N6. The van der Waals surface area contributed by atoms with Gasteiger partial charge in [-0.05, 0) is 76.9 Å². The predicted molar refractivity (Wildman–Crippen MR) is 129 cm³/mol. The van der Waals surface area contributed by atoms with E-state index in [1.165, 1.54) is 6.20 Å². The summed E-state index contributed by atoms with van der Waals surface area (Å²) >= 11 is 0. The third-order valence-electron chi connectivity index (χ3n) is 5.89. The van der Waals surface area contributed by atoms with Crippen LogP contribution in [0, 0.1) is 31.1 Å². The Balaban J connectivity index is 2.35. The fourth-order valence-electron chi connectivity index (χ4n) is 3.61. The molecule has 182 valence electrons. The Morgan fingerprint density at radius 1 is 1.32 bits per heavy atom. The maximum Gasteiger partial charge on any atom is 0.434 e. The first kappa shape index (κ1) is 26.9.